The molecule has 0 spiro atoms. The van der Waals surface area contributed by atoms with E-state index in [1.807, 2.05) is 60.7 Å². The first-order chi connectivity index (χ1) is 15.6. The van der Waals surface area contributed by atoms with Gasteiger partial charge in [0, 0.05) is 18.0 Å². The first-order valence-corrected chi connectivity index (χ1v) is 11.1. The molecule has 0 aliphatic carbocycles. The minimum atomic E-state index is -1.33. The first kappa shape index (κ1) is 22.4. The third kappa shape index (κ3) is 4.98. The molecule has 0 amide bonds. The van der Waals surface area contributed by atoms with Crippen molar-refractivity contribution in [3.8, 4) is 0 Å². The molecule has 0 radical (unpaired) electrons. The predicted octanol–water partition coefficient (Wildman–Crippen LogP) is 1.90. The van der Waals surface area contributed by atoms with E-state index in [4.69, 9.17) is 4.74 Å². The fraction of sp³-hybridized carbons (Fsp3) is 0.261. The van der Waals surface area contributed by atoms with Gasteiger partial charge >= 0.3 is 0 Å². The van der Waals surface area contributed by atoms with Gasteiger partial charge in [0.1, 0.15) is 24.1 Å². The van der Waals surface area contributed by atoms with E-state index in [1.54, 1.807) is 6.21 Å². The van der Waals surface area contributed by atoms with Crippen molar-refractivity contribution in [2.45, 2.75) is 35.4 Å². The van der Waals surface area contributed by atoms with Crippen molar-refractivity contribution in [1.29, 1.82) is 0 Å². The Hall–Kier alpha value is -2.82. The Bertz CT molecular complexity index is 1120. The second-order valence-corrected chi connectivity index (χ2v) is 8.22. The van der Waals surface area contributed by atoms with Gasteiger partial charge in [-0.05, 0) is 11.1 Å². The number of thioether (sulfide) groups is 1. The summed E-state index contributed by atoms with van der Waals surface area (Å²) in [6, 6.07) is 20.3. The zero-order valence-electron chi connectivity index (χ0n) is 17.1. The Labute approximate surface area is 188 Å². The molecule has 3 N–H and O–H groups in total. The Morgan fingerprint density at radius 1 is 1.06 bits per heavy atom. The minimum absolute atomic E-state index is 0.222. The molecule has 1 aromatic heterocycles. The van der Waals surface area contributed by atoms with E-state index in [0.717, 1.165) is 11.1 Å². The number of aliphatic imine (C=N–C) groups is 1. The van der Waals surface area contributed by atoms with Crippen molar-refractivity contribution in [1.82, 2.24) is 9.55 Å². The fourth-order valence-corrected chi connectivity index (χ4v) is 4.37. The lowest BCUT2D eigenvalue weighted by Crippen LogP contribution is -2.33. The predicted molar refractivity (Wildman–Crippen MR) is 121 cm³/mol. The van der Waals surface area contributed by atoms with Crippen LogP contribution in [0.3, 0.4) is 0 Å². The molecule has 2 aromatic carbocycles. The fourth-order valence-electron chi connectivity index (χ4n) is 3.39. The van der Waals surface area contributed by atoms with Crippen LogP contribution in [0.1, 0.15) is 17.4 Å². The van der Waals surface area contributed by atoms with Crippen molar-refractivity contribution < 1.29 is 20.1 Å². The molecule has 4 atom stereocenters. The van der Waals surface area contributed by atoms with E-state index in [2.05, 4.69) is 9.98 Å². The van der Waals surface area contributed by atoms with Gasteiger partial charge in [-0.3, -0.25) is 9.36 Å². The lowest BCUT2D eigenvalue weighted by Gasteiger charge is -2.23. The van der Waals surface area contributed by atoms with Crippen LogP contribution in [0.4, 0.5) is 5.82 Å². The first-order valence-electron chi connectivity index (χ1n) is 10.1. The summed E-state index contributed by atoms with van der Waals surface area (Å²) in [5.74, 6) is 0.743. The molecule has 9 heteroatoms. The summed E-state index contributed by atoms with van der Waals surface area (Å²) < 4.78 is 7.23. The molecule has 3 aromatic rings. The van der Waals surface area contributed by atoms with E-state index in [9.17, 15) is 20.1 Å². The topological polar surface area (TPSA) is 117 Å². The number of aliphatic hydroxyl groups excluding tert-OH is 3. The number of hydrogen-bond donors (Lipinski definition) is 3. The van der Waals surface area contributed by atoms with Crippen LogP contribution in [0.5, 0.6) is 0 Å². The number of hydrogen-bond acceptors (Lipinski definition) is 8. The van der Waals surface area contributed by atoms with Gasteiger partial charge in [0.2, 0.25) is 0 Å². The molecular formula is C23H23N3O5S. The normalized spacial score (nSPS) is 23.1. The number of aliphatic hydroxyl groups is 3. The molecule has 166 valence electrons. The molecule has 0 unspecified atom stereocenters. The summed E-state index contributed by atoms with van der Waals surface area (Å²) in [5.41, 5.74) is 1.37. The summed E-state index contributed by atoms with van der Waals surface area (Å²) in [6.07, 6.45) is -3.07. The second-order valence-electron chi connectivity index (χ2n) is 7.28. The molecule has 4 rings (SSSR count). The van der Waals surface area contributed by atoms with Gasteiger partial charge in [-0.2, -0.15) is 4.98 Å². The van der Waals surface area contributed by atoms with E-state index >= 15 is 0 Å². The monoisotopic (exact) mass is 453 g/mol. The molecular weight excluding hydrogens is 430 g/mol. The average Bonchev–Trinajstić information content (AvgIpc) is 3.11. The lowest BCUT2D eigenvalue weighted by atomic mass is 10.1. The number of ether oxygens (including phenoxy) is 1. The van der Waals surface area contributed by atoms with Gasteiger partial charge in [0.15, 0.2) is 11.4 Å². The highest BCUT2D eigenvalue weighted by atomic mass is 32.2. The number of aromatic nitrogens is 2. The minimum Gasteiger partial charge on any atom is -0.394 e. The van der Waals surface area contributed by atoms with Crippen LogP contribution < -0.4 is 5.56 Å². The molecule has 32 heavy (non-hydrogen) atoms. The quantitative estimate of drug-likeness (QED) is 0.284. The molecule has 1 fully saturated rings. The lowest BCUT2D eigenvalue weighted by molar-refractivity contribution is -0.0567. The molecule has 1 aliphatic heterocycles. The third-order valence-corrected chi connectivity index (χ3v) is 6.06. The van der Waals surface area contributed by atoms with Crippen molar-refractivity contribution in [2.75, 3.05) is 6.61 Å². The Morgan fingerprint density at radius 3 is 2.41 bits per heavy atom. The molecule has 1 aliphatic rings. The van der Waals surface area contributed by atoms with Crippen LogP contribution >= 0.6 is 11.8 Å². The Balaban J connectivity index is 1.75. The number of nitrogens with zero attached hydrogens (tertiary/aromatic N) is 3. The number of rotatable bonds is 7. The second kappa shape index (κ2) is 10.2. The summed E-state index contributed by atoms with van der Waals surface area (Å²) >= 11 is 1.29. The highest BCUT2D eigenvalue weighted by Gasteiger charge is 2.44. The van der Waals surface area contributed by atoms with E-state index in [1.165, 1.54) is 22.4 Å². The molecule has 2 heterocycles. The van der Waals surface area contributed by atoms with Gasteiger partial charge in [-0.15, -0.1) is 0 Å². The summed E-state index contributed by atoms with van der Waals surface area (Å²) in [7, 11) is 0. The Kier molecular flexibility index (Phi) is 7.13. The average molecular weight is 454 g/mol. The summed E-state index contributed by atoms with van der Waals surface area (Å²) in [5, 5.41) is 30.7. The van der Waals surface area contributed by atoms with Gasteiger partial charge in [0.05, 0.1) is 6.61 Å². The standard InChI is InChI=1S/C23H23N3O5S/c27-13-17-20(29)21(30)22(31-17)26-18(24-12-15-7-3-1-4-8-15)11-19(28)25-23(26)32-14-16-9-5-2-6-10-16/h1-12,17,20-22,27,29-30H,13-14H2/b24-12+/t17-,20-,21-,22-/m1/s1. The molecule has 0 bridgehead atoms. The van der Waals surface area contributed by atoms with Gasteiger partial charge in [-0.25, -0.2) is 4.99 Å². The maximum atomic E-state index is 12.4. The van der Waals surface area contributed by atoms with Gasteiger partial charge < -0.3 is 20.1 Å². The van der Waals surface area contributed by atoms with E-state index in [0.29, 0.717) is 5.75 Å². The van der Waals surface area contributed by atoms with Crippen LogP contribution in [0.25, 0.3) is 0 Å². The maximum absolute atomic E-state index is 12.4. The van der Waals surface area contributed by atoms with Crippen LogP contribution in [0, 0.1) is 0 Å². The van der Waals surface area contributed by atoms with Crippen LogP contribution in [-0.2, 0) is 10.5 Å². The van der Waals surface area contributed by atoms with Crippen LogP contribution in [0.15, 0.2) is 81.7 Å². The Morgan fingerprint density at radius 2 is 1.75 bits per heavy atom. The zero-order valence-corrected chi connectivity index (χ0v) is 17.9. The summed E-state index contributed by atoms with van der Waals surface area (Å²) in [4.78, 5) is 20.9. The van der Waals surface area contributed by atoms with Gasteiger partial charge in [-0.1, -0.05) is 72.4 Å². The van der Waals surface area contributed by atoms with Crippen molar-refractivity contribution >= 4 is 23.8 Å². The summed E-state index contributed by atoms with van der Waals surface area (Å²) in [6.45, 7) is -0.461. The van der Waals surface area contributed by atoms with Gasteiger partial charge in [0.25, 0.3) is 5.56 Å². The molecule has 8 nitrogen and oxygen atoms in total. The SMILES string of the molecule is O=c1cc(/N=C/c2ccccc2)n([C@@H]2O[C@H](CO)[C@@H](O)[C@H]2O)c(SCc2ccccc2)n1. The largest absolute Gasteiger partial charge is 0.394 e. The maximum Gasteiger partial charge on any atom is 0.275 e. The van der Waals surface area contributed by atoms with Crippen molar-refractivity contribution in [3.63, 3.8) is 0 Å². The third-order valence-electron chi connectivity index (χ3n) is 5.04. The highest BCUT2D eigenvalue weighted by Crippen LogP contribution is 2.36. The van der Waals surface area contributed by atoms with Crippen LogP contribution in [0.2, 0.25) is 0 Å². The van der Waals surface area contributed by atoms with E-state index < -0.39 is 36.7 Å². The van der Waals surface area contributed by atoms with E-state index in [-0.39, 0.29) is 11.0 Å². The molecule has 1 saturated heterocycles. The smallest absolute Gasteiger partial charge is 0.275 e. The zero-order chi connectivity index (χ0) is 22.5. The van der Waals surface area contributed by atoms with Crippen molar-refractivity contribution in [3.05, 3.63) is 88.2 Å². The molecule has 0 saturated carbocycles. The number of benzene rings is 2. The van der Waals surface area contributed by atoms with Crippen molar-refractivity contribution in [2.24, 2.45) is 4.99 Å². The highest BCUT2D eigenvalue weighted by molar-refractivity contribution is 7.98. The van der Waals surface area contributed by atoms with Crippen LogP contribution in [-0.4, -0.2) is 56.0 Å².